The zero-order chi connectivity index (χ0) is 10.6. The van der Waals surface area contributed by atoms with Gasteiger partial charge in [0.2, 0.25) is 0 Å². The molecule has 1 saturated heterocycles. The van der Waals surface area contributed by atoms with Crippen molar-refractivity contribution in [1.29, 1.82) is 0 Å². The fourth-order valence-corrected chi connectivity index (χ4v) is 1.94. The fourth-order valence-electron chi connectivity index (χ4n) is 1.94. The molecule has 1 fully saturated rings. The average Bonchev–Trinajstić information content (AvgIpc) is 2.40. The second-order valence-electron chi connectivity index (χ2n) is 4.11. The lowest BCUT2D eigenvalue weighted by Crippen LogP contribution is -2.43. The molecule has 0 aliphatic carbocycles. The Hall–Kier alpha value is -0.570. The van der Waals surface area contributed by atoms with Crippen molar-refractivity contribution in [2.75, 3.05) is 13.7 Å². The highest BCUT2D eigenvalue weighted by Gasteiger charge is 2.25. The molecule has 2 unspecified atom stereocenters. The molecule has 1 aliphatic rings. The Morgan fingerprint density at radius 1 is 1.43 bits per heavy atom. The van der Waals surface area contributed by atoms with Crippen LogP contribution in [0.25, 0.3) is 0 Å². The first-order valence-electron chi connectivity index (χ1n) is 5.50. The van der Waals surface area contributed by atoms with Crippen LogP contribution in [0.15, 0.2) is 0 Å². The molecule has 2 atom stereocenters. The van der Waals surface area contributed by atoms with E-state index < -0.39 is 0 Å². The van der Waals surface area contributed by atoms with Crippen molar-refractivity contribution in [3.8, 4) is 0 Å². The summed E-state index contributed by atoms with van der Waals surface area (Å²) in [6.45, 7) is 4.85. The van der Waals surface area contributed by atoms with Gasteiger partial charge < -0.3 is 9.64 Å². The van der Waals surface area contributed by atoms with E-state index in [0.29, 0.717) is 6.04 Å². The summed E-state index contributed by atoms with van der Waals surface area (Å²) in [5, 5.41) is 0. The van der Waals surface area contributed by atoms with Crippen molar-refractivity contribution in [3.05, 3.63) is 0 Å². The first kappa shape index (κ1) is 11.5. The molecule has 0 aromatic rings. The van der Waals surface area contributed by atoms with Gasteiger partial charge in [0, 0.05) is 19.7 Å². The van der Waals surface area contributed by atoms with Crippen LogP contribution >= 0.6 is 0 Å². The SMILES string of the molecule is COC(C)C(=O)N1CCCCCC1C. The second kappa shape index (κ2) is 5.35. The summed E-state index contributed by atoms with van der Waals surface area (Å²) >= 11 is 0. The molecule has 0 saturated carbocycles. The Bertz CT molecular complexity index is 194. The molecule has 0 N–H and O–H groups in total. The van der Waals surface area contributed by atoms with Crippen molar-refractivity contribution < 1.29 is 9.53 Å². The highest BCUT2D eigenvalue weighted by molar-refractivity contribution is 5.80. The predicted molar refractivity (Wildman–Crippen MR) is 56.1 cm³/mol. The summed E-state index contributed by atoms with van der Waals surface area (Å²) in [4.78, 5) is 13.9. The van der Waals surface area contributed by atoms with Crippen LogP contribution in [0.1, 0.15) is 39.5 Å². The summed E-state index contributed by atoms with van der Waals surface area (Å²) in [6.07, 6.45) is 4.45. The van der Waals surface area contributed by atoms with Crippen LogP contribution in [0.2, 0.25) is 0 Å². The molecular formula is C11H21NO2. The van der Waals surface area contributed by atoms with Gasteiger partial charge in [-0.2, -0.15) is 0 Å². The quantitative estimate of drug-likeness (QED) is 0.679. The van der Waals surface area contributed by atoms with Gasteiger partial charge in [0.1, 0.15) is 6.10 Å². The Labute approximate surface area is 86.4 Å². The van der Waals surface area contributed by atoms with Gasteiger partial charge in [-0.3, -0.25) is 4.79 Å². The number of methoxy groups -OCH3 is 1. The van der Waals surface area contributed by atoms with Gasteiger partial charge in [-0.05, 0) is 26.7 Å². The minimum absolute atomic E-state index is 0.141. The molecule has 1 rings (SSSR count). The number of carbonyl (C=O) groups excluding carboxylic acids is 1. The van der Waals surface area contributed by atoms with E-state index in [-0.39, 0.29) is 12.0 Å². The molecule has 14 heavy (non-hydrogen) atoms. The minimum Gasteiger partial charge on any atom is -0.372 e. The molecule has 3 heteroatoms. The normalized spacial score (nSPS) is 25.6. The molecule has 1 amide bonds. The van der Waals surface area contributed by atoms with Gasteiger partial charge in [-0.25, -0.2) is 0 Å². The van der Waals surface area contributed by atoms with Gasteiger partial charge in [0.15, 0.2) is 0 Å². The monoisotopic (exact) mass is 199 g/mol. The largest absolute Gasteiger partial charge is 0.372 e. The summed E-state index contributed by atoms with van der Waals surface area (Å²) in [5.74, 6) is 0.141. The third kappa shape index (κ3) is 2.71. The summed E-state index contributed by atoms with van der Waals surface area (Å²) in [5.41, 5.74) is 0. The van der Waals surface area contributed by atoms with Crippen LogP contribution in [0.5, 0.6) is 0 Å². The van der Waals surface area contributed by atoms with E-state index in [9.17, 15) is 4.79 Å². The van der Waals surface area contributed by atoms with Crippen molar-refractivity contribution in [2.24, 2.45) is 0 Å². The average molecular weight is 199 g/mol. The van der Waals surface area contributed by atoms with Crippen molar-refractivity contribution in [2.45, 2.75) is 51.7 Å². The molecule has 1 heterocycles. The number of amides is 1. The molecule has 0 aromatic carbocycles. The predicted octanol–water partition coefficient (Wildman–Crippen LogP) is 1.81. The van der Waals surface area contributed by atoms with E-state index in [0.717, 1.165) is 19.4 Å². The number of rotatable bonds is 2. The maximum absolute atomic E-state index is 11.9. The van der Waals surface area contributed by atoms with E-state index in [1.807, 2.05) is 11.8 Å². The van der Waals surface area contributed by atoms with Crippen LogP contribution in [0.4, 0.5) is 0 Å². The lowest BCUT2D eigenvalue weighted by Gasteiger charge is -2.29. The van der Waals surface area contributed by atoms with Crippen LogP contribution in [0.3, 0.4) is 0 Å². The Kier molecular flexibility index (Phi) is 4.39. The van der Waals surface area contributed by atoms with Crippen LogP contribution < -0.4 is 0 Å². The molecule has 0 aromatic heterocycles. The fraction of sp³-hybridized carbons (Fsp3) is 0.909. The van der Waals surface area contributed by atoms with Gasteiger partial charge in [-0.1, -0.05) is 12.8 Å². The van der Waals surface area contributed by atoms with Crippen molar-refractivity contribution >= 4 is 5.91 Å². The lowest BCUT2D eigenvalue weighted by atomic mass is 10.1. The Balaban J connectivity index is 2.58. The standard InChI is InChI=1S/C11H21NO2/c1-9-7-5-4-6-8-12(9)11(13)10(2)14-3/h9-10H,4-8H2,1-3H3. The Morgan fingerprint density at radius 2 is 2.14 bits per heavy atom. The van der Waals surface area contributed by atoms with Gasteiger partial charge in [-0.15, -0.1) is 0 Å². The molecule has 0 spiro atoms. The van der Waals surface area contributed by atoms with Crippen molar-refractivity contribution in [1.82, 2.24) is 4.90 Å². The number of carbonyl (C=O) groups is 1. The zero-order valence-electron chi connectivity index (χ0n) is 9.45. The van der Waals surface area contributed by atoms with Gasteiger partial charge in [0.05, 0.1) is 0 Å². The van der Waals surface area contributed by atoms with Crippen LogP contribution in [0, 0.1) is 0 Å². The summed E-state index contributed by atoms with van der Waals surface area (Å²) < 4.78 is 5.06. The minimum atomic E-state index is -0.296. The van der Waals surface area contributed by atoms with Crippen LogP contribution in [-0.2, 0) is 9.53 Å². The molecule has 1 aliphatic heterocycles. The molecule has 0 radical (unpaired) electrons. The highest BCUT2D eigenvalue weighted by atomic mass is 16.5. The van der Waals surface area contributed by atoms with Gasteiger partial charge >= 0.3 is 0 Å². The number of likely N-dealkylation sites (tertiary alicyclic amines) is 1. The first-order valence-corrected chi connectivity index (χ1v) is 5.50. The Morgan fingerprint density at radius 3 is 2.79 bits per heavy atom. The third-order valence-electron chi connectivity index (χ3n) is 3.04. The summed E-state index contributed by atoms with van der Waals surface area (Å²) in [6, 6.07) is 0.377. The maximum atomic E-state index is 11.9. The second-order valence-corrected chi connectivity index (χ2v) is 4.11. The maximum Gasteiger partial charge on any atom is 0.251 e. The molecule has 0 bridgehead atoms. The summed E-state index contributed by atoms with van der Waals surface area (Å²) in [7, 11) is 1.59. The van der Waals surface area contributed by atoms with Crippen LogP contribution in [-0.4, -0.2) is 36.6 Å². The third-order valence-corrected chi connectivity index (χ3v) is 3.04. The number of hydrogen-bond acceptors (Lipinski definition) is 2. The zero-order valence-corrected chi connectivity index (χ0v) is 9.45. The number of hydrogen-bond donors (Lipinski definition) is 0. The molecule has 3 nitrogen and oxygen atoms in total. The van der Waals surface area contributed by atoms with Gasteiger partial charge in [0.25, 0.3) is 5.91 Å². The van der Waals surface area contributed by atoms with E-state index in [4.69, 9.17) is 4.74 Å². The number of nitrogens with zero attached hydrogens (tertiary/aromatic N) is 1. The molecule has 82 valence electrons. The smallest absolute Gasteiger partial charge is 0.251 e. The van der Waals surface area contributed by atoms with E-state index >= 15 is 0 Å². The van der Waals surface area contributed by atoms with E-state index in [1.54, 1.807) is 7.11 Å². The van der Waals surface area contributed by atoms with Crippen molar-refractivity contribution in [3.63, 3.8) is 0 Å². The number of ether oxygens (including phenoxy) is 1. The topological polar surface area (TPSA) is 29.5 Å². The first-order chi connectivity index (χ1) is 6.66. The van der Waals surface area contributed by atoms with E-state index in [2.05, 4.69) is 6.92 Å². The molecular weight excluding hydrogens is 178 g/mol. The van der Waals surface area contributed by atoms with E-state index in [1.165, 1.54) is 12.8 Å². The lowest BCUT2D eigenvalue weighted by molar-refractivity contribution is -0.142. The highest BCUT2D eigenvalue weighted by Crippen LogP contribution is 2.17.